The van der Waals surface area contributed by atoms with Crippen LogP contribution in [0.3, 0.4) is 0 Å². The molecule has 1 unspecified atom stereocenters. The largest absolute Gasteiger partial charge is 0.324 e. The number of imide groups is 1. The molecule has 0 saturated carbocycles. The molecule has 0 aromatic heterocycles. The van der Waals surface area contributed by atoms with Gasteiger partial charge in [0.15, 0.2) is 0 Å². The van der Waals surface area contributed by atoms with Crippen molar-refractivity contribution >= 4 is 23.4 Å². The number of unbranched alkanes of at least 4 members (excludes halogenated alkanes) is 1. The minimum atomic E-state index is -0.887. The fourth-order valence-corrected chi connectivity index (χ4v) is 3.06. The van der Waals surface area contributed by atoms with E-state index in [1.807, 2.05) is 24.3 Å². The maximum atomic E-state index is 12.5. The number of hydrogen-bond donors (Lipinski definition) is 1. The highest BCUT2D eigenvalue weighted by molar-refractivity contribution is 6.23. The Morgan fingerprint density at radius 2 is 1.58 bits per heavy atom. The van der Waals surface area contributed by atoms with Crippen molar-refractivity contribution in [3.05, 3.63) is 65.2 Å². The minimum absolute atomic E-state index is 0.345. The van der Waals surface area contributed by atoms with Gasteiger partial charge in [-0.2, -0.15) is 0 Å². The molecule has 0 spiro atoms. The van der Waals surface area contributed by atoms with E-state index in [0.29, 0.717) is 16.8 Å². The first-order valence-electron chi connectivity index (χ1n) is 8.89. The number of aryl methyl sites for hydroxylation is 1. The van der Waals surface area contributed by atoms with Crippen LogP contribution in [0.25, 0.3) is 0 Å². The van der Waals surface area contributed by atoms with Gasteiger partial charge >= 0.3 is 0 Å². The average Bonchev–Trinajstić information content (AvgIpc) is 2.91. The van der Waals surface area contributed by atoms with Gasteiger partial charge in [0.2, 0.25) is 5.91 Å². The summed E-state index contributed by atoms with van der Waals surface area (Å²) in [5.74, 6) is -1.24. The number of anilines is 1. The molecule has 5 heteroatoms. The van der Waals surface area contributed by atoms with Crippen LogP contribution in [0, 0.1) is 0 Å². The summed E-state index contributed by atoms with van der Waals surface area (Å²) < 4.78 is 0. The average molecular weight is 350 g/mol. The van der Waals surface area contributed by atoms with Crippen LogP contribution < -0.4 is 5.32 Å². The van der Waals surface area contributed by atoms with Crippen LogP contribution >= 0.6 is 0 Å². The lowest BCUT2D eigenvalue weighted by atomic mass is 10.1. The summed E-state index contributed by atoms with van der Waals surface area (Å²) in [6, 6.07) is 13.4. The van der Waals surface area contributed by atoms with Gasteiger partial charge in [-0.3, -0.25) is 19.3 Å². The number of amides is 3. The van der Waals surface area contributed by atoms with Crippen LogP contribution in [0.1, 0.15) is 53.0 Å². The molecule has 134 valence electrons. The molecule has 1 aliphatic heterocycles. The molecule has 1 atom stereocenters. The fourth-order valence-electron chi connectivity index (χ4n) is 3.06. The van der Waals surface area contributed by atoms with Gasteiger partial charge in [-0.05, 0) is 49.6 Å². The highest BCUT2D eigenvalue weighted by Gasteiger charge is 2.40. The number of nitrogens with one attached hydrogen (secondary N) is 1. The predicted molar refractivity (Wildman–Crippen MR) is 100 cm³/mol. The predicted octanol–water partition coefficient (Wildman–Crippen LogP) is 3.65. The molecule has 0 saturated heterocycles. The third-order valence-electron chi connectivity index (χ3n) is 4.63. The van der Waals surface area contributed by atoms with Crippen LogP contribution in [0.4, 0.5) is 5.69 Å². The second kappa shape index (κ2) is 7.52. The zero-order chi connectivity index (χ0) is 18.7. The van der Waals surface area contributed by atoms with Crippen LogP contribution in [-0.4, -0.2) is 28.7 Å². The van der Waals surface area contributed by atoms with Crippen molar-refractivity contribution < 1.29 is 14.4 Å². The number of carbonyl (C=O) groups is 3. The van der Waals surface area contributed by atoms with Gasteiger partial charge in [-0.1, -0.05) is 37.6 Å². The Morgan fingerprint density at radius 3 is 2.12 bits per heavy atom. The number of benzene rings is 2. The molecule has 3 rings (SSSR count). The second-order valence-electron chi connectivity index (χ2n) is 6.49. The number of nitrogens with zero attached hydrogens (tertiary/aromatic N) is 1. The molecule has 26 heavy (non-hydrogen) atoms. The third kappa shape index (κ3) is 3.38. The first-order chi connectivity index (χ1) is 12.5. The van der Waals surface area contributed by atoms with E-state index in [9.17, 15) is 14.4 Å². The van der Waals surface area contributed by atoms with Gasteiger partial charge < -0.3 is 5.32 Å². The molecule has 0 aliphatic carbocycles. The van der Waals surface area contributed by atoms with Crippen molar-refractivity contribution in [3.8, 4) is 0 Å². The highest BCUT2D eigenvalue weighted by Crippen LogP contribution is 2.25. The van der Waals surface area contributed by atoms with Gasteiger partial charge in [0.25, 0.3) is 11.8 Å². The lowest BCUT2D eigenvalue weighted by molar-refractivity contribution is -0.119. The van der Waals surface area contributed by atoms with Crippen molar-refractivity contribution in [1.82, 2.24) is 4.90 Å². The number of fused-ring (bicyclic) bond motifs is 1. The van der Waals surface area contributed by atoms with Gasteiger partial charge in [-0.15, -0.1) is 0 Å². The molecule has 5 nitrogen and oxygen atoms in total. The molecular formula is C21H22N2O3. The molecule has 1 heterocycles. The summed E-state index contributed by atoms with van der Waals surface area (Å²) in [7, 11) is 0. The minimum Gasteiger partial charge on any atom is -0.324 e. The van der Waals surface area contributed by atoms with Gasteiger partial charge in [0.05, 0.1) is 11.1 Å². The van der Waals surface area contributed by atoms with Gasteiger partial charge in [0.1, 0.15) is 6.04 Å². The Morgan fingerprint density at radius 1 is 1.00 bits per heavy atom. The van der Waals surface area contributed by atoms with Crippen molar-refractivity contribution in [2.24, 2.45) is 0 Å². The molecule has 0 bridgehead atoms. The first-order valence-corrected chi connectivity index (χ1v) is 8.89. The molecule has 1 aliphatic rings. The molecular weight excluding hydrogens is 328 g/mol. The van der Waals surface area contributed by atoms with Crippen molar-refractivity contribution in [2.45, 2.75) is 39.2 Å². The lowest BCUT2D eigenvalue weighted by Gasteiger charge is -2.21. The summed E-state index contributed by atoms with van der Waals surface area (Å²) in [4.78, 5) is 38.5. The Bertz CT molecular complexity index is 808. The molecule has 2 aromatic carbocycles. The second-order valence-corrected chi connectivity index (χ2v) is 6.49. The standard InChI is InChI=1S/C21H22N2O3/c1-3-4-7-15-10-12-16(13-11-15)22-19(24)14(2)23-20(25)17-8-5-6-9-18(17)21(23)26/h5-6,8-14H,3-4,7H2,1-2H3,(H,22,24). The summed E-state index contributed by atoms with van der Waals surface area (Å²) in [5.41, 5.74) is 2.56. The molecule has 0 radical (unpaired) electrons. The highest BCUT2D eigenvalue weighted by atomic mass is 16.2. The van der Waals surface area contributed by atoms with E-state index in [-0.39, 0.29) is 5.91 Å². The van der Waals surface area contributed by atoms with E-state index in [1.165, 1.54) is 5.56 Å². The van der Waals surface area contributed by atoms with E-state index in [1.54, 1.807) is 31.2 Å². The molecule has 2 aromatic rings. The maximum absolute atomic E-state index is 12.5. The summed E-state index contributed by atoms with van der Waals surface area (Å²) >= 11 is 0. The number of hydrogen-bond acceptors (Lipinski definition) is 3. The smallest absolute Gasteiger partial charge is 0.262 e. The Balaban J connectivity index is 1.69. The van der Waals surface area contributed by atoms with Crippen molar-refractivity contribution in [2.75, 3.05) is 5.32 Å². The fraction of sp³-hybridized carbons (Fsp3) is 0.286. The van der Waals surface area contributed by atoms with E-state index < -0.39 is 17.9 Å². The Labute approximate surface area is 153 Å². The van der Waals surface area contributed by atoms with Gasteiger partial charge in [0, 0.05) is 5.69 Å². The zero-order valence-electron chi connectivity index (χ0n) is 15.0. The molecule has 1 N–H and O–H groups in total. The Hall–Kier alpha value is -2.95. The quantitative estimate of drug-likeness (QED) is 0.809. The van der Waals surface area contributed by atoms with Crippen molar-refractivity contribution in [1.29, 1.82) is 0 Å². The third-order valence-corrected chi connectivity index (χ3v) is 4.63. The van der Waals surface area contributed by atoms with Crippen LogP contribution in [0.5, 0.6) is 0 Å². The van der Waals surface area contributed by atoms with Crippen LogP contribution in [0.2, 0.25) is 0 Å². The molecule has 3 amide bonds. The lowest BCUT2D eigenvalue weighted by Crippen LogP contribution is -2.45. The Kier molecular flexibility index (Phi) is 5.16. The van der Waals surface area contributed by atoms with Gasteiger partial charge in [-0.25, -0.2) is 0 Å². The van der Waals surface area contributed by atoms with Crippen LogP contribution in [-0.2, 0) is 11.2 Å². The molecule has 0 fully saturated rings. The zero-order valence-corrected chi connectivity index (χ0v) is 15.0. The maximum Gasteiger partial charge on any atom is 0.262 e. The van der Waals surface area contributed by atoms with E-state index >= 15 is 0 Å². The first kappa shape index (κ1) is 17.9. The van der Waals surface area contributed by atoms with E-state index in [0.717, 1.165) is 24.2 Å². The topological polar surface area (TPSA) is 66.5 Å². The summed E-state index contributed by atoms with van der Waals surface area (Å²) in [5, 5.41) is 2.78. The summed E-state index contributed by atoms with van der Waals surface area (Å²) in [6.07, 6.45) is 3.27. The summed E-state index contributed by atoms with van der Waals surface area (Å²) in [6.45, 7) is 3.71. The number of carbonyl (C=O) groups excluding carboxylic acids is 3. The normalized spacial score (nSPS) is 14.3. The van der Waals surface area contributed by atoms with Crippen LogP contribution in [0.15, 0.2) is 48.5 Å². The number of rotatable bonds is 6. The van der Waals surface area contributed by atoms with E-state index in [4.69, 9.17) is 0 Å². The van der Waals surface area contributed by atoms with Crippen molar-refractivity contribution in [3.63, 3.8) is 0 Å². The monoisotopic (exact) mass is 350 g/mol. The SMILES string of the molecule is CCCCc1ccc(NC(=O)C(C)N2C(=O)c3ccccc3C2=O)cc1. The van der Waals surface area contributed by atoms with E-state index in [2.05, 4.69) is 12.2 Å².